The van der Waals surface area contributed by atoms with Crippen LogP contribution in [0.25, 0.3) is 5.52 Å². The summed E-state index contributed by atoms with van der Waals surface area (Å²) in [4.78, 5) is 11.3. The molecule has 0 amide bonds. The molecule has 0 aliphatic rings. The van der Waals surface area contributed by atoms with Crippen molar-refractivity contribution in [3.63, 3.8) is 0 Å². The van der Waals surface area contributed by atoms with Crippen molar-refractivity contribution in [1.29, 1.82) is 0 Å². The van der Waals surface area contributed by atoms with Crippen molar-refractivity contribution >= 4 is 27.4 Å². The van der Waals surface area contributed by atoms with Crippen molar-refractivity contribution in [2.45, 2.75) is 13.3 Å². The topological polar surface area (TPSA) is 63.8 Å². The Morgan fingerprint density at radius 2 is 2.35 bits per heavy atom. The number of aryl methyl sites for hydroxylation is 1. The van der Waals surface area contributed by atoms with E-state index in [9.17, 15) is 9.90 Å². The first-order chi connectivity index (χ1) is 8.08. The van der Waals surface area contributed by atoms with Crippen molar-refractivity contribution in [1.82, 2.24) is 9.61 Å². The zero-order valence-electron chi connectivity index (χ0n) is 9.40. The Hall–Kier alpha value is -1.56. The quantitative estimate of drug-likeness (QED) is 0.945. The molecule has 0 bridgehead atoms. The van der Waals surface area contributed by atoms with Gasteiger partial charge < -0.3 is 9.84 Å². The average molecular weight is 299 g/mol. The molecule has 0 saturated heterocycles. The van der Waals surface area contributed by atoms with E-state index in [1.165, 1.54) is 4.52 Å². The molecule has 2 heterocycles. The van der Waals surface area contributed by atoms with Crippen LogP contribution >= 0.6 is 15.9 Å². The fourth-order valence-corrected chi connectivity index (χ4v) is 2.34. The minimum absolute atomic E-state index is 0.238. The number of aromatic carboxylic acids is 1. The Morgan fingerprint density at radius 3 is 2.88 bits per heavy atom. The number of rotatable bonds is 3. The van der Waals surface area contributed by atoms with E-state index >= 15 is 0 Å². The third-order valence-corrected chi connectivity index (χ3v) is 3.12. The highest BCUT2D eigenvalue weighted by Crippen LogP contribution is 2.28. The van der Waals surface area contributed by atoms with Gasteiger partial charge in [0.15, 0.2) is 0 Å². The summed E-state index contributed by atoms with van der Waals surface area (Å²) in [5.74, 6) is -0.353. The fourth-order valence-electron chi connectivity index (χ4n) is 1.74. The highest BCUT2D eigenvalue weighted by molar-refractivity contribution is 9.10. The summed E-state index contributed by atoms with van der Waals surface area (Å²) in [7, 11) is 1.55. The zero-order valence-corrected chi connectivity index (χ0v) is 11.0. The molecule has 5 nitrogen and oxygen atoms in total. The molecule has 1 N–H and O–H groups in total. The van der Waals surface area contributed by atoms with Crippen molar-refractivity contribution < 1.29 is 14.6 Å². The molecule has 2 aromatic rings. The van der Waals surface area contributed by atoms with Crippen LogP contribution in [-0.2, 0) is 6.42 Å². The standard InChI is InChI=1S/C11H11BrN2O3/c1-3-8-9(11(15)16)10-7(12)4-6(17-2)5-14(10)13-8/h4-5H,3H2,1-2H3,(H,15,16). The predicted molar refractivity (Wildman–Crippen MR) is 65.8 cm³/mol. The molecule has 0 unspecified atom stereocenters. The summed E-state index contributed by atoms with van der Waals surface area (Å²) in [6.45, 7) is 1.87. The van der Waals surface area contributed by atoms with E-state index in [4.69, 9.17) is 4.74 Å². The lowest BCUT2D eigenvalue weighted by molar-refractivity contribution is 0.0698. The molecule has 0 aromatic carbocycles. The van der Waals surface area contributed by atoms with Crippen LogP contribution in [0.15, 0.2) is 16.7 Å². The predicted octanol–water partition coefficient (Wildman–Crippen LogP) is 2.37. The third-order valence-electron chi connectivity index (χ3n) is 2.51. The van der Waals surface area contributed by atoms with Gasteiger partial charge in [-0.2, -0.15) is 5.10 Å². The van der Waals surface area contributed by atoms with Crippen LogP contribution in [0.1, 0.15) is 23.0 Å². The molecular formula is C11H11BrN2O3. The minimum atomic E-state index is -0.970. The molecule has 2 rings (SSSR count). The fraction of sp³-hybridized carbons (Fsp3) is 0.273. The molecule has 0 aliphatic heterocycles. The highest BCUT2D eigenvalue weighted by Gasteiger charge is 2.20. The zero-order chi connectivity index (χ0) is 12.6. The van der Waals surface area contributed by atoms with Crippen LogP contribution in [0.5, 0.6) is 5.75 Å². The lowest BCUT2D eigenvalue weighted by atomic mass is 10.1. The van der Waals surface area contributed by atoms with Crippen LogP contribution in [-0.4, -0.2) is 27.8 Å². The van der Waals surface area contributed by atoms with Gasteiger partial charge in [0, 0.05) is 4.47 Å². The molecule has 0 radical (unpaired) electrons. The number of carboxylic acid groups (broad SMARTS) is 1. The van der Waals surface area contributed by atoms with Crippen molar-refractivity contribution in [3.8, 4) is 5.75 Å². The Kier molecular flexibility index (Phi) is 3.06. The van der Waals surface area contributed by atoms with E-state index in [0.29, 0.717) is 27.9 Å². The first kappa shape index (κ1) is 11.9. The van der Waals surface area contributed by atoms with Gasteiger partial charge in [0.25, 0.3) is 0 Å². The van der Waals surface area contributed by atoms with Crippen molar-refractivity contribution in [2.24, 2.45) is 0 Å². The van der Waals surface area contributed by atoms with Gasteiger partial charge in [0.1, 0.15) is 11.3 Å². The molecule has 0 atom stereocenters. The molecule has 0 fully saturated rings. The van der Waals surface area contributed by atoms with Gasteiger partial charge in [-0.3, -0.25) is 0 Å². The maximum absolute atomic E-state index is 11.3. The number of carbonyl (C=O) groups is 1. The summed E-state index contributed by atoms with van der Waals surface area (Å²) >= 11 is 3.35. The van der Waals surface area contributed by atoms with Crippen LogP contribution < -0.4 is 4.74 Å². The number of hydrogen-bond donors (Lipinski definition) is 1. The summed E-state index contributed by atoms with van der Waals surface area (Å²) in [6, 6.07) is 1.73. The number of methoxy groups -OCH3 is 1. The maximum Gasteiger partial charge on any atom is 0.339 e. The van der Waals surface area contributed by atoms with Crippen LogP contribution in [0.3, 0.4) is 0 Å². The largest absolute Gasteiger partial charge is 0.495 e. The number of ether oxygens (including phenoxy) is 1. The second-order valence-electron chi connectivity index (χ2n) is 3.50. The van der Waals surface area contributed by atoms with Crippen LogP contribution in [0.2, 0.25) is 0 Å². The summed E-state index contributed by atoms with van der Waals surface area (Å²) in [6.07, 6.45) is 2.23. The van der Waals surface area contributed by atoms with Crippen LogP contribution in [0, 0.1) is 0 Å². The third kappa shape index (κ3) is 1.88. The number of halogens is 1. The molecule has 17 heavy (non-hydrogen) atoms. The normalized spacial score (nSPS) is 10.8. The first-order valence-corrected chi connectivity index (χ1v) is 5.85. The lowest BCUT2D eigenvalue weighted by Gasteiger charge is -2.03. The molecule has 0 spiro atoms. The first-order valence-electron chi connectivity index (χ1n) is 5.06. The number of pyridine rings is 1. The number of nitrogens with zero attached hydrogens (tertiary/aromatic N) is 2. The van der Waals surface area contributed by atoms with Crippen molar-refractivity contribution in [2.75, 3.05) is 7.11 Å². The Balaban J connectivity index is 2.83. The average Bonchev–Trinajstić information content (AvgIpc) is 2.67. The number of aromatic nitrogens is 2. The van der Waals surface area contributed by atoms with E-state index in [2.05, 4.69) is 21.0 Å². The van der Waals surface area contributed by atoms with Gasteiger partial charge in [-0.1, -0.05) is 6.92 Å². The van der Waals surface area contributed by atoms with Gasteiger partial charge in [0.2, 0.25) is 0 Å². The Labute approximate surface area is 106 Å². The van der Waals surface area contributed by atoms with Gasteiger partial charge in [-0.15, -0.1) is 0 Å². The smallest absolute Gasteiger partial charge is 0.339 e. The van der Waals surface area contributed by atoms with Gasteiger partial charge in [-0.05, 0) is 28.4 Å². The number of hydrogen-bond acceptors (Lipinski definition) is 3. The Morgan fingerprint density at radius 1 is 1.65 bits per heavy atom. The number of carboxylic acids is 1. The van der Waals surface area contributed by atoms with Gasteiger partial charge in [0.05, 0.1) is 24.5 Å². The molecule has 0 aliphatic carbocycles. The SMILES string of the molecule is CCc1nn2cc(OC)cc(Br)c2c1C(=O)O. The second kappa shape index (κ2) is 4.37. The maximum atomic E-state index is 11.3. The van der Waals surface area contributed by atoms with Crippen molar-refractivity contribution in [3.05, 3.63) is 28.0 Å². The lowest BCUT2D eigenvalue weighted by Crippen LogP contribution is -2.00. The monoisotopic (exact) mass is 298 g/mol. The van der Waals surface area contributed by atoms with E-state index in [0.717, 1.165) is 0 Å². The number of fused-ring (bicyclic) bond motifs is 1. The van der Waals surface area contributed by atoms with Gasteiger partial charge in [-0.25, -0.2) is 9.31 Å². The van der Waals surface area contributed by atoms with E-state index in [1.54, 1.807) is 19.4 Å². The highest BCUT2D eigenvalue weighted by atomic mass is 79.9. The molecular weight excluding hydrogens is 288 g/mol. The summed E-state index contributed by atoms with van der Waals surface area (Å²) in [5.41, 5.74) is 1.35. The second-order valence-corrected chi connectivity index (χ2v) is 4.36. The Bertz CT molecular complexity index is 592. The molecule has 2 aromatic heterocycles. The summed E-state index contributed by atoms with van der Waals surface area (Å²) in [5, 5.41) is 13.5. The van der Waals surface area contributed by atoms with E-state index < -0.39 is 5.97 Å². The van der Waals surface area contributed by atoms with E-state index in [-0.39, 0.29) is 5.56 Å². The van der Waals surface area contributed by atoms with E-state index in [1.807, 2.05) is 6.92 Å². The molecule has 0 saturated carbocycles. The minimum Gasteiger partial charge on any atom is -0.495 e. The molecule has 90 valence electrons. The van der Waals surface area contributed by atoms with Gasteiger partial charge >= 0.3 is 5.97 Å². The molecule has 6 heteroatoms. The van der Waals surface area contributed by atoms with Crippen LogP contribution in [0.4, 0.5) is 0 Å². The summed E-state index contributed by atoms with van der Waals surface area (Å²) < 4.78 is 7.30.